The summed E-state index contributed by atoms with van der Waals surface area (Å²) >= 11 is 0. The third-order valence-electron chi connectivity index (χ3n) is 3.94. The van der Waals surface area contributed by atoms with Gasteiger partial charge < -0.3 is 10.1 Å². The number of hydrogen-bond acceptors (Lipinski definition) is 4. The summed E-state index contributed by atoms with van der Waals surface area (Å²) < 4.78 is 32.8. The van der Waals surface area contributed by atoms with Crippen LogP contribution in [0.2, 0.25) is 0 Å². The average molecular weight is 326 g/mol. The summed E-state index contributed by atoms with van der Waals surface area (Å²) in [5, 5.41) is 3.40. The molecule has 0 aromatic heterocycles. The number of hydrogen-bond donors (Lipinski definition) is 2. The summed E-state index contributed by atoms with van der Waals surface area (Å²) in [5.74, 6) is 0. The molecular formula is C16H26N2O3S. The minimum absolute atomic E-state index is 0.148. The Morgan fingerprint density at radius 1 is 1.14 bits per heavy atom. The Hall–Kier alpha value is -0.950. The van der Waals surface area contributed by atoms with Crippen LogP contribution in [0, 0.1) is 0 Å². The smallest absolute Gasteiger partial charge is 0.240 e. The molecule has 1 aliphatic heterocycles. The molecule has 2 rings (SSSR count). The number of nitrogens with one attached hydrogen (secondary N) is 2. The predicted octanol–water partition coefficient (Wildman–Crippen LogP) is 1.90. The van der Waals surface area contributed by atoms with Crippen molar-refractivity contribution >= 4 is 10.0 Å². The Labute approximate surface area is 133 Å². The molecule has 1 aliphatic rings. The highest BCUT2D eigenvalue weighted by Gasteiger charge is 2.45. The first-order valence-electron chi connectivity index (χ1n) is 7.61. The average Bonchev–Trinajstić information content (AvgIpc) is 2.63. The van der Waals surface area contributed by atoms with Crippen LogP contribution in [0.25, 0.3) is 0 Å². The standard InChI is InChI=1S/C16H26N2O3S/c1-15(2)12-14(16(3,4)21-15)17-10-11-18-22(19,20)13-8-6-5-7-9-13/h5-9,14,17-18H,10-12H2,1-4H3/t14-/m1/s1. The molecule has 0 radical (unpaired) electrons. The van der Waals surface area contributed by atoms with Gasteiger partial charge in [-0.05, 0) is 46.2 Å². The molecule has 0 saturated carbocycles. The number of benzene rings is 1. The second-order valence-electron chi connectivity index (χ2n) is 6.89. The predicted molar refractivity (Wildman–Crippen MR) is 87.3 cm³/mol. The molecule has 6 heteroatoms. The zero-order valence-electron chi connectivity index (χ0n) is 13.7. The number of rotatable bonds is 6. The van der Waals surface area contributed by atoms with E-state index in [0.717, 1.165) is 6.42 Å². The lowest BCUT2D eigenvalue weighted by atomic mass is 9.94. The van der Waals surface area contributed by atoms with E-state index in [4.69, 9.17) is 4.74 Å². The molecule has 0 unspecified atom stereocenters. The third-order valence-corrected chi connectivity index (χ3v) is 5.41. The zero-order chi connectivity index (χ0) is 16.4. The van der Waals surface area contributed by atoms with E-state index >= 15 is 0 Å². The van der Waals surface area contributed by atoms with Crippen LogP contribution in [0.5, 0.6) is 0 Å². The van der Waals surface area contributed by atoms with E-state index in [1.807, 2.05) is 0 Å². The van der Waals surface area contributed by atoms with Crippen LogP contribution in [0.4, 0.5) is 0 Å². The van der Waals surface area contributed by atoms with Gasteiger partial charge in [0.05, 0.1) is 16.1 Å². The monoisotopic (exact) mass is 326 g/mol. The van der Waals surface area contributed by atoms with Crippen molar-refractivity contribution in [3.05, 3.63) is 30.3 Å². The summed E-state index contributed by atoms with van der Waals surface area (Å²) in [4.78, 5) is 0.292. The number of sulfonamides is 1. The van der Waals surface area contributed by atoms with Crippen LogP contribution in [0.15, 0.2) is 35.2 Å². The Bertz CT molecular complexity index is 597. The van der Waals surface area contributed by atoms with Crippen LogP contribution in [-0.2, 0) is 14.8 Å². The van der Waals surface area contributed by atoms with Crippen molar-refractivity contribution in [2.75, 3.05) is 13.1 Å². The summed E-state index contributed by atoms with van der Waals surface area (Å²) in [7, 11) is -3.43. The molecule has 1 fully saturated rings. The van der Waals surface area contributed by atoms with E-state index < -0.39 is 10.0 Å². The topological polar surface area (TPSA) is 67.4 Å². The van der Waals surface area contributed by atoms with Gasteiger partial charge in [-0.1, -0.05) is 18.2 Å². The van der Waals surface area contributed by atoms with E-state index in [-0.39, 0.29) is 17.2 Å². The molecule has 0 aliphatic carbocycles. The SMILES string of the molecule is CC1(C)C[C@@H](NCCNS(=O)(=O)c2ccccc2)C(C)(C)O1. The minimum atomic E-state index is -3.43. The molecule has 1 atom stereocenters. The van der Waals surface area contributed by atoms with E-state index in [0.29, 0.717) is 18.0 Å². The molecule has 1 heterocycles. The van der Waals surface area contributed by atoms with Crippen molar-refractivity contribution in [1.82, 2.24) is 10.0 Å². The molecule has 2 N–H and O–H groups in total. The maximum absolute atomic E-state index is 12.1. The van der Waals surface area contributed by atoms with Crippen LogP contribution < -0.4 is 10.0 Å². The Balaban J connectivity index is 1.83. The van der Waals surface area contributed by atoms with Crippen molar-refractivity contribution in [2.45, 2.75) is 56.3 Å². The van der Waals surface area contributed by atoms with Crippen LogP contribution >= 0.6 is 0 Å². The molecule has 5 nitrogen and oxygen atoms in total. The Morgan fingerprint density at radius 2 is 1.77 bits per heavy atom. The largest absolute Gasteiger partial charge is 0.368 e. The highest BCUT2D eigenvalue weighted by Crippen LogP contribution is 2.36. The van der Waals surface area contributed by atoms with Crippen LogP contribution in [-0.4, -0.2) is 38.8 Å². The molecule has 22 heavy (non-hydrogen) atoms. The number of ether oxygens (including phenoxy) is 1. The summed E-state index contributed by atoms with van der Waals surface area (Å²) in [5.41, 5.74) is -0.396. The van der Waals surface area contributed by atoms with Gasteiger partial charge in [0.2, 0.25) is 10.0 Å². The Morgan fingerprint density at radius 3 is 2.32 bits per heavy atom. The highest BCUT2D eigenvalue weighted by atomic mass is 32.2. The van der Waals surface area contributed by atoms with Crippen molar-refractivity contribution in [3.63, 3.8) is 0 Å². The first-order chi connectivity index (χ1) is 10.1. The summed E-state index contributed by atoms with van der Waals surface area (Å²) in [6.07, 6.45) is 0.908. The zero-order valence-corrected chi connectivity index (χ0v) is 14.5. The molecule has 1 aromatic carbocycles. The van der Waals surface area contributed by atoms with Gasteiger partial charge in [-0.25, -0.2) is 13.1 Å². The molecule has 0 bridgehead atoms. The second kappa shape index (κ2) is 6.28. The maximum Gasteiger partial charge on any atom is 0.240 e. The van der Waals surface area contributed by atoms with E-state index in [2.05, 4.69) is 37.7 Å². The van der Waals surface area contributed by atoms with E-state index in [1.165, 1.54) is 0 Å². The first kappa shape index (κ1) is 17.4. The molecule has 0 spiro atoms. The van der Waals surface area contributed by atoms with Crippen molar-refractivity contribution in [3.8, 4) is 0 Å². The van der Waals surface area contributed by atoms with Gasteiger partial charge in [-0.15, -0.1) is 0 Å². The normalized spacial score (nSPS) is 23.5. The van der Waals surface area contributed by atoms with Gasteiger partial charge in [-0.3, -0.25) is 0 Å². The quantitative estimate of drug-likeness (QED) is 0.784. The van der Waals surface area contributed by atoms with Crippen molar-refractivity contribution in [2.24, 2.45) is 0 Å². The second-order valence-corrected chi connectivity index (χ2v) is 8.65. The van der Waals surface area contributed by atoms with Crippen molar-refractivity contribution in [1.29, 1.82) is 0 Å². The lowest BCUT2D eigenvalue weighted by molar-refractivity contribution is -0.0697. The van der Waals surface area contributed by atoms with Gasteiger partial charge in [0, 0.05) is 19.1 Å². The molecule has 1 saturated heterocycles. The van der Waals surface area contributed by atoms with Crippen LogP contribution in [0.3, 0.4) is 0 Å². The lowest BCUT2D eigenvalue weighted by Gasteiger charge is -2.27. The maximum atomic E-state index is 12.1. The van der Waals surface area contributed by atoms with Gasteiger partial charge in [-0.2, -0.15) is 0 Å². The van der Waals surface area contributed by atoms with Gasteiger partial charge in [0.1, 0.15) is 0 Å². The lowest BCUT2D eigenvalue weighted by Crippen LogP contribution is -2.46. The van der Waals surface area contributed by atoms with Crippen LogP contribution in [0.1, 0.15) is 34.1 Å². The van der Waals surface area contributed by atoms with Gasteiger partial charge in [0.15, 0.2) is 0 Å². The molecule has 0 amide bonds. The highest BCUT2D eigenvalue weighted by molar-refractivity contribution is 7.89. The fourth-order valence-electron chi connectivity index (χ4n) is 3.00. The molecule has 124 valence electrons. The fourth-order valence-corrected chi connectivity index (χ4v) is 4.05. The van der Waals surface area contributed by atoms with Crippen molar-refractivity contribution < 1.29 is 13.2 Å². The van der Waals surface area contributed by atoms with Gasteiger partial charge >= 0.3 is 0 Å². The first-order valence-corrected chi connectivity index (χ1v) is 9.09. The molecule has 1 aromatic rings. The summed E-state index contributed by atoms with van der Waals surface area (Å²) in [6.45, 7) is 9.20. The Kier molecular flexibility index (Phi) is 4.96. The fraction of sp³-hybridized carbons (Fsp3) is 0.625. The van der Waals surface area contributed by atoms with E-state index in [1.54, 1.807) is 30.3 Å². The summed E-state index contributed by atoms with van der Waals surface area (Å²) in [6, 6.07) is 8.62. The van der Waals surface area contributed by atoms with Gasteiger partial charge in [0.25, 0.3) is 0 Å². The molecular weight excluding hydrogens is 300 g/mol. The van der Waals surface area contributed by atoms with E-state index in [9.17, 15) is 8.42 Å². The third kappa shape index (κ3) is 4.29. The minimum Gasteiger partial charge on any atom is -0.368 e.